The Balaban J connectivity index is 1.53. The van der Waals surface area contributed by atoms with Crippen molar-refractivity contribution in [3.63, 3.8) is 0 Å². The lowest BCUT2D eigenvalue weighted by atomic mass is 10.2. The molecule has 3 rings (SSSR count). The largest absolute Gasteiger partial charge is 0.423 e. The van der Waals surface area contributed by atoms with Crippen molar-refractivity contribution in [2.75, 3.05) is 5.32 Å². The third-order valence-electron chi connectivity index (χ3n) is 3.89. The second kappa shape index (κ2) is 10.3. The molecule has 31 heavy (non-hydrogen) atoms. The number of amides is 2. The van der Waals surface area contributed by atoms with Crippen LogP contribution in [0.2, 0.25) is 0 Å². The molecule has 0 saturated heterocycles. The van der Waals surface area contributed by atoms with Gasteiger partial charge in [-0.05, 0) is 70.0 Å². The summed E-state index contributed by atoms with van der Waals surface area (Å²) in [7, 11) is 0. The van der Waals surface area contributed by atoms with Gasteiger partial charge in [0.15, 0.2) is 0 Å². The molecule has 0 spiro atoms. The first-order valence-electron chi connectivity index (χ1n) is 8.90. The van der Waals surface area contributed by atoms with Crippen LogP contribution in [0.4, 0.5) is 10.1 Å². The van der Waals surface area contributed by atoms with Gasteiger partial charge in [-0.2, -0.15) is 5.10 Å². The minimum Gasteiger partial charge on any atom is -0.423 e. The lowest BCUT2D eigenvalue weighted by Crippen LogP contribution is -2.32. The standard InChI is InChI=1S/C22H15BrFN3O4/c23-17-6-2-1-5-16(17)22(30)31-15-11-9-14(10-12-15)13-25-27-21(29)20(28)26-19-8-4-3-7-18(19)24/h1-13H,(H,26,28)(H,27,29)/b25-13+. The molecule has 0 bridgehead atoms. The maximum atomic E-state index is 13.5. The van der Waals surface area contributed by atoms with E-state index in [-0.39, 0.29) is 5.69 Å². The van der Waals surface area contributed by atoms with Gasteiger partial charge in [0, 0.05) is 4.47 Å². The molecule has 156 valence electrons. The number of anilines is 1. The molecule has 2 amide bonds. The van der Waals surface area contributed by atoms with Gasteiger partial charge in [-0.25, -0.2) is 14.6 Å². The molecular formula is C22H15BrFN3O4. The Morgan fingerprint density at radius 2 is 1.58 bits per heavy atom. The number of benzene rings is 3. The van der Waals surface area contributed by atoms with Crippen LogP contribution in [-0.4, -0.2) is 24.0 Å². The third-order valence-corrected chi connectivity index (χ3v) is 4.58. The van der Waals surface area contributed by atoms with Gasteiger partial charge in [0.2, 0.25) is 0 Å². The summed E-state index contributed by atoms with van der Waals surface area (Å²) in [5.41, 5.74) is 2.91. The smallest absolute Gasteiger partial charge is 0.344 e. The van der Waals surface area contributed by atoms with Crippen molar-refractivity contribution < 1.29 is 23.5 Å². The summed E-state index contributed by atoms with van der Waals surface area (Å²) >= 11 is 3.29. The predicted molar refractivity (Wildman–Crippen MR) is 116 cm³/mol. The summed E-state index contributed by atoms with van der Waals surface area (Å²) in [5.74, 6) is -2.96. The zero-order valence-corrected chi connectivity index (χ0v) is 17.4. The fourth-order valence-electron chi connectivity index (χ4n) is 2.37. The number of nitrogens with one attached hydrogen (secondary N) is 2. The van der Waals surface area contributed by atoms with Crippen LogP contribution in [-0.2, 0) is 9.59 Å². The fourth-order valence-corrected chi connectivity index (χ4v) is 2.82. The summed E-state index contributed by atoms with van der Waals surface area (Å²) in [6.07, 6.45) is 1.30. The molecule has 7 nitrogen and oxygen atoms in total. The van der Waals surface area contributed by atoms with Gasteiger partial charge in [-0.3, -0.25) is 9.59 Å². The Labute approximate surface area is 185 Å². The summed E-state index contributed by atoms with van der Waals surface area (Å²) < 4.78 is 19.4. The van der Waals surface area contributed by atoms with Gasteiger partial charge < -0.3 is 10.1 Å². The number of nitrogens with zero attached hydrogens (tertiary/aromatic N) is 1. The van der Waals surface area contributed by atoms with E-state index in [9.17, 15) is 18.8 Å². The van der Waals surface area contributed by atoms with Gasteiger partial charge in [0.1, 0.15) is 11.6 Å². The van der Waals surface area contributed by atoms with Crippen molar-refractivity contribution >= 4 is 45.6 Å². The highest BCUT2D eigenvalue weighted by atomic mass is 79.9. The molecule has 0 aliphatic heterocycles. The second-order valence-electron chi connectivity index (χ2n) is 6.07. The Morgan fingerprint density at radius 3 is 2.29 bits per heavy atom. The summed E-state index contributed by atoms with van der Waals surface area (Å²) in [6, 6.07) is 18.7. The van der Waals surface area contributed by atoms with E-state index >= 15 is 0 Å². The maximum absolute atomic E-state index is 13.5. The first-order chi connectivity index (χ1) is 14.9. The number of esters is 1. The highest BCUT2D eigenvalue weighted by molar-refractivity contribution is 9.10. The van der Waals surface area contributed by atoms with Gasteiger partial charge in [0.25, 0.3) is 0 Å². The Kier molecular flexibility index (Phi) is 7.23. The van der Waals surface area contributed by atoms with E-state index in [0.717, 1.165) is 6.07 Å². The Bertz CT molecular complexity index is 1150. The van der Waals surface area contributed by atoms with Crippen LogP contribution in [0.25, 0.3) is 0 Å². The maximum Gasteiger partial charge on any atom is 0.344 e. The van der Waals surface area contributed by atoms with Crippen molar-refractivity contribution in [2.24, 2.45) is 5.10 Å². The van der Waals surface area contributed by atoms with Crippen molar-refractivity contribution in [1.82, 2.24) is 5.43 Å². The molecule has 0 saturated carbocycles. The average molecular weight is 484 g/mol. The van der Waals surface area contributed by atoms with E-state index in [1.165, 1.54) is 24.4 Å². The predicted octanol–water partition coefficient (Wildman–Crippen LogP) is 3.90. The van der Waals surface area contributed by atoms with Crippen LogP contribution in [0.1, 0.15) is 15.9 Å². The van der Waals surface area contributed by atoms with Crippen molar-refractivity contribution in [3.8, 4) is 5.75 Å². The van der Waals surface area contributed by atoms with Crippen LogP contribution in [0.15, 0.2) is 82.4 Å². The number of hydrogen-bond donors (Lipinski definition) is 2. The lowest BCUT2D eigenvalue weighted by molar-refractivity contribution is -0.136. The first-order valence-corrected chi connectivity index (χ1v) is 9.69. The number of hydrogen-bond acceptors (Lipinski definition) is 5. The number of carbonyl (C=O) groups excluding carboxylic acids is 3. The number of para-hydroxylation sites is 1. The van der Waals surface area contributed by atoms with Crippen LogP contribution in [0, 0.1) is 5.82 Å². The summed E-state index contributed by atoms with van der Waals surface area (Å²) in [6.45, 7) is 0. The molecule has 3 aromatic carbocycles. The summed E-state index contributed by atoms with van der Waals surface area (Å²) in [5, 5.41) is 5.83. The zero-order valence-electron chi connectivity index (χ0n) is 15.8. The number of ether oxygens (including phenoxy) is 1. The minimum atomic E-state index is -1.06. The summed E-state index contributed by atoms with van der Waals surface area (Å²) in [4.78, 5) is 35.7. The topological polar surface area (TPSA) is 96.9 Å². The molecule has 0 radical (unpaired) electrons. The quantitative estimate of drug-likeness (QED) is 0.189. The molecule has 0 aliphatic carbocycles. The van der Waals surface area contributed by atoms with Crippen molar-refractivity contribution in [3.05, 3.63) is 94.2 Å². The fraction of sp³-hybridized carbons (Fsp3) is 0. The van der Waals surface area contributed by atoms with Gasteiger partial charge in [0.05, 0.1) is 17.5 Å². The molecule has 2 N–H and O–H groups in total. The Morgan fingerprint density at radius 1 is 0.903 bits per heavy atom. The second-order valence-corrected chi connectivity index (χ2v) is 6.93. The van der Waals surface area contributed by atoms with Gasteiger partial charge >= 0.3 is 17.8 Å². The van der Waals surface area contributed by atoms with E-state index in [2.05, 4.69) is 31.8 Å². The molecule has 0 fully saturated rings. The zero-order chi connectivity index (χ0) is 22.2. The first kappa shape index (κ1) is 21.8. The van der Waals surface area contributed by atoms with Gasteiger partial charge in [-0.15, -0.1) is 0 Å². The van der Waals surface area contributed by atoms with Crippen LogP contribution in [0.5, 0.6) is 5.75 Å². The monoisotopic (exact) mass is 483 g/mol. The molecule has 9 heteroatoms. The average Bonchev–Trinajstić information content (AvgIpc) is 2.76. The normalized spacial score (nSPS) is 10.5. The molecule has 3 aromatic rings. The van der Waals surface area contributed by atoms with Crippen LogP contribution in [0.3, 0.4) is 0 Å². The van der Waals surface area contributed by atoms with E-state index < -0.39 is 23.6 Å². The SMILES string of the molecule is O=C(N/N=C/c1ccc(OC(=O)c2ccccc2Br)cc1)C(=O)Nc1ccccc1F. The molecule has 0 heterocycles. The van der Waals surface area contributed by atoms with Crippen molar-refractivity contribution in [1.29, 1.82) is 0 Å². The number of halogens is 2. The number of carbonyl (C=O) groups is 3. The van der Waals surface area contributed by atoms with E-state index in [4.69, 9.17) is 4.74 Å². The highest BCUT2D eigenvalue weighted by Crippen LogP contribution is 2.19. The lowest BCUT2D eigenvalue weighted by Gasteiger charge is -2.06. The molecule has 0 atom stereocenters. The Hall–Kier alpha value is -3.85. The molecule has 0 aliphatic rings. The van der Waals surface area contributed by atoms with E-state index in [0.29, 0.717) is 21.3 Å². The molecule has 0 unspecified atom stereocenters. The molecule has 0 aromatic heterocycles. The van der Waals surface area contributed by atoms with Gasteiger partial charge in [-0.1, -0.05) is 24.3 Å². The number of hydrazone groups is 1. The number of rotatable bonds is 5. The molecular weight excluding hydrogens is 469 g/mol. The van der Waals surface area contributed by atoms with Crippen LogP contribution >= 0.6 is 15.9 Å². The minimum absolute atomic E-state index is 0.112. The third kappa shape index (κ3) is 6.06. The van der Waals surface area contributed by atoms with Crippen LogP contribution < -0.4 is 15.5 Å². The van der Waals surface area contributed by atoms with Crippen molar-refractivity contribution in [2.45, 2.75) is 0 Å². The highest BCUT2D eigenvalue weighted by Gasteiger charge is 2.15. The van der Waals surface area contributed by atoms with E-state index in [1.54, 1.807) is 48.5 Å². The van der Waals surface area contributed by atoms with E-state index in [1.807, 2.05) is 0 Å².